The molecule has 0 spiro atoms. The van der Waals surface area contributed by atoms with E-state index in [-0.39, 0.29) is 28.8 Å². The second-order valence-corrected chi connectivity index (χ2v) is 5.84. The summed E-state index contributed by atoms with van der Waals surface area (Å²) in [5.41, 5.74) is 6.11. The predicted octanol–water partition coefficient (Wildman–Crippen LogP) is 3.64. The predicted molar refractivity (Wildman–Crippen MR) is 101 cm³/mol. The summed E-state index contributed by atoms with van der Waals surface area (Å²) < 4.78 is 39.4. The molecule has 0 atom stereocenters. The minimum absolute atomic E-state index is 0.0139. The van der Waals surface area contributed by atoms with Gasteiger partial charge in [-0.1, -0.05) is 0 Å². The fourth-order valence-electron chi connectivity index (χ4n) is 2.52. The molecule has 154 valence electrons. The zero-order valence-corrected chi connectivity index (χ0v) is 15.9. The molecule has 0 aliphatic rings. The molecule has 3 N–H and O–H groups in total. The molecule has 0 aliphatic carbocycles. The van der Waals surface area contributed by atoms with Crippen LogP contribution in [0.25, 0.3) is 0 Å². The van der Waals surface area contributed by atoms with Crippen LogP contribution in [-0.4, -0.2) is 34.7 Å². The molecule has 1 amide bonds. The summed E-state index contributed by atoms with van der Waals surface area (Å²) in [7, 11) is 1.49. The number of imidazole rings is 1. The maximum absolute atomic E-state index is 12.7. The third-order valence-electron chi connectivity index (χ3n) is 4.07. The maximum atomic E-state index is 12.7. The Morgan fingerprint density at radius 3 is 2.52 bits per heavy atom. The van der Waals surface area contributed by atoms with Crippen LogP contribution in [0.2, 0.25) is 0 Å². The topological polar surface area (TPSA) is 125 Å². The smallest absolute Gasteiger partial charge is 0.381 e. The fraction of sp³-hybridized carbons (Fsp3) is 0.353. The molecule has 0 unspecified atom stereocenters. The van der Waals surface area contributed by atoms with E-state index in [0.717, 1.165) is 0 Å². The van der Waals surface area contributed by atoms with Gasteiger partial charge in [-0.05, 0) is 32.0 Å². The summed E-state index contributed by atoms with van der Waals surface area (Å²) in [4.78, 5) is 17.2. The first-order chi connectivity index (χ1) is 13.6. The average Bonchev–Trinajstić information content (AvgIpc) is 2.94. The molecular formula is C17H19F3N8O. The number of hydrogen-bond acceptors (Lipinski definition) is 7. The van der Waals surface area contributed by atoms with Crippen LogP contribution >= 0.6 is 0 Å². The van der Waals surface area contributed by atoms with Crippen LogP contribution in [-0.2, 0) is 11.8 Å². The summed E-state index contributed by atoms with van der Waals surface area (Å²) in [6, 6.07) is 6.32. The quantitative estimate of drug-likeness (QED) is 0.706. The SMILES string of the molecule is CCN(CC)c1ccc(N=Nc2nc(N)c(C#N)n2C)c(NC(=O)C(F)(F)F)c1. The number of nitrogens with zero attached hydrogens (tertiary/aromatic N) is 6. The van der Waals surface area contributed by atoms with Crippen molar-refractivity contribution in [1.82, 2.24) is 9.55 Å². The Morgan fingerprint density at radius 2 is 2.00 bits per heavy atom. The van der Waals surface area contributed by atoms with Gasteiger partial charge >= 0.3 is 12.1 Å². The molecule has 0 aliphatic heterocycles. The first kappa shape index (κ1) is 21.7. The standard InChI is InChI=1S/C17H19F3N8O/c1-4-28(5-2)10-6-7-11(12(8-10)23-15(29)17(18,19)20)25-26-16-24-14(22)13(9-21)27(16)3/h6-8H,4-5,22H2,1-3H3,(H,23,29). The van der Waals surface area contributed by atoms with Crippen molar-refractivity contribution in [3.05, 3.63) is 23.9 Å². The van der Waals surface area contributed by atoms with Gasteiger partial charge in [0.05, 0.1) is 5.69 Å². The molecule has 2 rings (SSSR count). The number of benzene rings is 1. The van der Waals surface area contributed by atoms with Crippen LogP contribution in [0, 0.1) is 11.3 Å². The molecule has 2 aromatic rings. The van der Waals surface area contributed by atoms with Gasteiger partial charge in [0, 0.05) is 25.8 Å². The lowest BCUT2D eigenvalue weighted by molar-refractivity contribution is -0.167. The number of nitrogens with one attached hydrogen (secondary N) is 1. The van der Waals surface area contributed by atoms with Crippen LogP contribution < -0.4 is 16.0 Å². The summed E-state index contributed by atoms with van der Waals surface area (Å²) in [5, 5.41) is 18.6. The Balaban J connectivity index is 2.47. The summed E-state index contributed by atoms with van der Waals surface area (Å²) in [5.74, 6) is -2.19. The third-order valence-corrected chi connectivity index (χ3v) is 4.07. The number of anilines is 3. The number of nitriles is 1. The second kappa shape index (κ2) is 8.59. The van der Waals surface area contributed by atoms with Crippen molar-refractivity contribution in [3.63, 3.8) is 0 Å². The van der Waals surface area contributed by atoms with E-state index in [2.05, 4.69) is 15.2 Å². The number of alkyl halides is 3. The van der Waals surface area contributed by atoms with Gasteiger partial charge in [0.2, 0.25) is 0 Å². The third kappa shape index (κ3) is 4.81. The molecule has 0 radical (unpaired) electrons. The Bertz CT molecular complexity index is 970. The van der Waals surface area contributed by atoms with E-state index >= 15 is 0 Å². The fourth-order valence-corrected chi connectivity index (χ4v) is 2.52. The highest BCUT2D eigenvalue weighted by molar-refractivity contribution is 5.97. The lowest BCUT2D eigenvalue weighted by atomic mass is 10.2. The highest BCUT2D eigenvalue weighted by Crippen LogP contribution is 2.33. The van der Waals surface area contributed by atoms with E-state index in [9.17, 15) is 18.0 Å². The Morgan fingerprint density at radius 1 is 1.34 bits per heavy atom. The van der Waals surface area contributed by atoms with Crippen LogP contribution in [0.5, 0.6) is 0 Å². The molecule has 29 heavy (non-hydrogen) atoms. The van der Waals surface area contributed by atoms with Gasteiger partial charge in [0.25, 0.3) is 5.95 Å². The highest BCUT2D eigenvalue weighted by Gasteiger charge is 2.39. The van der Waals surface area contributed by atoms with Gasteiger partial charge in [0.15, 0.2) is 11.5 Å². The number of halogens is 3. The zero-order valence-electron chi connectivity index (χ0n) is 15.9. The van der Waals surface area contributed by atoms with Crippen molar-refractivity contribution in [2.24, 2.45) is 17.3 Å². The number of nitrogens with two attached hydrogens (primary N) is 1. The number of amides is 1. The van der Waals surface area contributed by atoms with Crippen LogP contribution in [0.4, 0.5) is 42.0 Å². The van der Waals surface area contributed by atoms with Crippen LogP contribution in [0.3, 0.4) is 0 Å². The van der Waals surface area contributed by atoms with Crippen molar-refractivity contribution >= 4 is 34.7 Å². The monoisotopic (exact) mass is 408 g/mol. The Hall–Kier alpha value is -3.62. The molecule has 12 heteroatoms. The number of hydrogen-bond donors (Lipinski definition) is 2. The minimum atomic E-state index is -5.06. The number of azo groups is 1. The van der Waals surface area contributed by atoms with E-state index in [4.69, 9.17) is 11.0 Å². The molecule has 1 aromatic carbocycles. The van der Waals surface area contributed by atoms with Gasteiger partial charge in [-0.3, -0.25) is 4.79 Å². The van der Waals surface area contributed by atoms with E-state index in [1.54, 1.807) is 6.07 Å². The van der Waals surface area contributed by atoms with Gasteiger partial charge in [-0.15, -0.1) is 10.2 Å². The molecule has 0 saturated carbocycles. The Kier molecular flexibility index (Phi) is 6.42. The molecule has 1 aromatic heterocycles. The first-order valence-corrected chi connectivity index (χ1v) is 8.53. The number of aromatic nitrogens is 2. The normalized spacial score (nSPS) is 11.5. The van der Waals surface area contributed by atoms with Crippen LogP contribution in [0.1, 0.15) is 19.5 Å². The van der Waals surface area contributed by atoms with Crippen molar-refractivity contribution in [2.75, 3.05) is 29.0 Å². The van der Waals surface area contributed by atoms with Gasteiger partial charge in [-0.25, -0.2) is 0 Å². The van der Waals surface area contributed by atoms with Crippen molar-refractivity contribution in [2.45, 2.75) is 20.0 Å². The molecular weight excluding hydrogens is 389 g/mol. The first-order valence-electron chi connectivity index (χ1n) is 8.53. The van der Waals surface area contributed by atoms with E-state index < -0.39 is 12.1 Å². The van der Waals surface area contributed by atoms with E-state index in [1.165, 1.54) is 23.7 Å². The maximum Gasteiger partial charge on any atom is 0.471 e. The summed E-state index contributed by atoms with van der Waals surface area (Å²) in [6.07, 6.45) is -5.06. The van der Waals surface area contributed by atoms with Crippen molar-refractivity contribution in [1.29, 1.82) is 5.26 Å². The lowest BCUT2D eigenvalue weighted by Gasteiger charge is -2.22. The van der Waals surface area contributed by atoms with Gasteiger partial charge in [0.1, 0.15) is 11.8 Å². The number of carbonyl (C=O) groups excluding carboxylic acids is 1. The summed E-state index contributed by atoms with van der Waals surface area (Å²) in [6.45, 7) is 5.02. The molecule has 9 nitrogen and oxygen atoms in total. The Labute approximate surface area is 164 Å². The second-order valence-electron chi connectivity index (χ2n) is 5.84. The van der Waals surface area contributed by atoms with Crippen LogP contribution in [0.15, 0.2) is 28.4 Å². The number of carbonyl (C=O) groups is 1. The molecule has 0 saturated heterocycles. The molecule has 1 heterocycles. The van der Waals surface area contributed by atoms with Crippen molar-refractivity contribution in [3.8, 4) is 6.07 Å². The molecule has 0 fully saturated rings. The largest absolute Gasteiger partial charge is 0.471 e. The lowest BCUT2D eigenvalue weighted by Crippen LogP contribution is -2.30. The average molecular weight is 408 g/mol. The minimum Gasteiger partial charge on any atom is -0.381 e. The van der Waals surface area contributed by atoms with E-state index in [1.807, 2.05) is 30.1 Å². The molecule has 0 bridgehead atoms. The number of nitrogen functional groups attached to an aromatic ring is 1. The van der Waals surface area contributed by atoms with Crippen molar-refractivity contribution < 1.29 is 18.0 Å². The summed E-state index contributed by atoms with van der Waals surface area (Å²) >= 11 is 0. The number of rotatable bonds is 6. The van der Waals surface area contributed by atoms with E-state index in [0.29, 0.717) is 18.8 Å². The van der Waals surface area contributed by atoms with Gasteiger partial charge < -0.3 is 20.5 Å². The highest BCUT2D eigenvalue weighted by atomic mass is 19.4. The van der Waals surface area contributed by atoms with Gasteiger partial charge in [-0.2, -0.15) is 23.4 Å². The zero-order chi connectivity index (χ0) is 21.8.